The van der Waals surface area contributed by atoms with Gasteiger partial charge in [-0.3, -0.25) is 4.79 Å². The lowest BCUT2D eigenvalue weighted by molar-refractivity contribution is -0.142. The molecule has 0 aliphatic carbocycles. The highest BCUT2D eigenvalue weighted by Gasteiger charge is 2.24. The summed E-state index contributed by atoms with van der Waals surface area (Å²) in [5.41, 5.74) is 2.02. The molecule has 108 valence electrons. The van der Waals surface area contributed by atoms with Crippen molar-refractivity contribution in [2.24, 2.45) is 5.92 Å². The molecule has 0 heterocycles. The molecule has 0 spiro atoms. The lowest BCUT2D eigenvalue weighted by Crippen LogP contribution is -2.44. The van der Waals surface area contributed by atoms with Gasteiger partial charge < -0.3 is 10.4 Å². The van der Waals surface area contributed by atoms with Gasteiger partial charge in [-0.25, -0.2) is 4.79 Å². The Morgan fingerprint density at radius 1 is 1.40 bits per heavy atom. The minimum Gasteiger partial charge on any atom is -0.480 e. The number of aliphatic carboxylic acids is 1. The first kappa shape index (κ1) is 16.0. The molecule has 20 heavy (non-hydrogen) atoms. The molecule has 4 heteroatoms. The van der Waals surface area contributed by atoms with E-state index in [1.165, 1.54) is 6.08 Å². The van der Waals surface area contributed by atoms with E-state index in [1.54, 1.807) is 6.08 Å². The van der Waals surface area contributed by atoms with Gasteiger partial charge in [0, 0.05) is 6.08 Å². The largest absolute Gasteiger partial charge is 0.480 e. The number of carbonyl (C=O) groups is 2. The number of rotatable bonds is 6. The van der Waals surface area contributed by atoms with Crippen LogP contribution in [0.15, 0.2) is 30.3 Å². The van der Waals surface area contributed by atoms with Crippen LogP contribution < -0.4 is 5.32 Å². The summed E-state index contributed by atoms with van der Waals surface area (Å²) in [5.74, 6) is -1.50. The normalized spacial score (nSPS) is 13.9. The summed E-state index contributed by atoms with van der Waals surface area (Å²) in [7, 11) is 0. The number of amides is 1. The molecule has 1 aromatic carbocycles. The topological polar surface area (TPSA) is 66.4 Å². The average Bonchev–Trinajstić information content (AvgIpc) is 2.41. The van der Waals surface area contributed by atoms with Gasteiger partial charge >= 0.3 is 5.97 Å². The maximum absolute atomic E-state index is 11.8. The molecule has 1 amide bonds. The molecule has 0 fully saturated rings. The zero-order valence-electron chi connectivity index (χ0n) is 12.1. The Balaban J connectivity index is 2.68. The number of benzene rings is 1. The molecule has 2 atom stereocenters. The van der Waals surface area contributed by atoms with E-state index in [2.05, 4.69) is 5.32 Å². The number of carbonyl (C=O) groups excluding carboxylic acids is 1. The highest BCUT2D eigenvalue weighted by atomic mass is 16.4. The molecule has 2 N–H and O–H groups in total. The van der Waals surface area contributed by atoms with E-state index in [4.69, 9.17) is 5.11 Å². The molecule has 0 unspecified atom stereocenters. The molecule has 1 aromatic rings. The van der Waals surface area contributed by atoms with Crippen molar-refractivity contribution in [1.29, 1.82) is 0 Å². The van der Waals surface area contributed by atoms with Gasteiger partial charge in [-0.05, 0) is 24.5 Å². The monoisotopic (exact) mass is 275 g/mol. The lowest BCUT2D eigenvalue weighted by Gasteiger charge is -2.19. The fraction of sp³-hybridized carbons (Fsp3) is 0.375. The Labute approximate surface area is 119 Å². The van der Waals surface area contributed by atoms with Gasteiger partial charge in [0.15, 0.2) is 0 Å². The van der Waals surface area contributed by atoms with Crippen LogP contribution in [0.25, 0.3) is 6.08 Å². The van der Waals surface area contributed by atoms with Crippen LogP contribution in [-0.4, -0.2) is 23.0 Å². The second-order valence-electron chi connectivity index (χ2n) is 4.96. The third-order valence-corrected chi connectivity index (χ3v) is 3.25. The van der Waals surface area contributed by atoms with Crippen molar-refractivity contribution in [2.75, 3.05) is 0 Å². The molecule has 0 bridgehead atoms. The Kier molecular flexibility index (Phi) is 5.97. The van der Waals surface area contributed by atoms with Crippen LogP contribution in [0, 0.1) is 12.8 Å². The van der Waals surface area contributed by atoms with Gasteiger partial charge in [0.2, 0.25) is 5.91 Å². The van der Waals surface area contributed by atoms with Gasteiger partial charge in [-0.2, -0.15) is 0 Å². The molecular weight excluding hydrogens is 254 g/mol. The summed E-state index contributed by atoms with van der Waals surface area (Å²) in [6.07, 6.45) is 3.74. The van der Waals surface area contributed by atoms with Crippen LogP contribution in [0.4, 0.5) is 0 Å². The predicted octanol–water partition coefficient (Wildman–Crippen LogP) is 2.62. The lowest BCUT2D eigenvalue weighted by atomic mass is 9.99. The summed E-state index contributed by atoms with van der Waals surface area (Å²) in [6, 6.07) is 6.87. The van der Waals surface area contributed by atoms with Gasteiger partial charge in [-0.15, -0.1) is 0 Å². The number of carboxylic acid groups (broad SMARTS) is 1. The SMILES string of the molecule is CC[C@H](C)[C@H](NC(=O)/C=C/c1cccc(C)c1)C(=O)O. The zero-order valence-corrected chi connectivity index (χ0v) is 12.1. The first-order valence-corrected chi connectivity index (χ1v) is 6.72. The molecule has 0 aliphatic heterocycles. The summed E-state index contributed by atoms with van der Waals surface area (Å²) >= 11 is 0. The van der Waals surface area contributed by atoms with E-state index in [-0.39, 0.29) is 11.8 Å². The summed E-state index contributed by atoms with van der Waals surface area (Å²) in [6.45, 7) is 5.68. The van der Waals surface area contributed by atoms with Crippen LogP contribution in [-0.2, 0) is 9.59 Å². The summed E-state index contributed by atoms with van der Waals surface area (Å²) in [5, 5.41) is 11.6. The maximum Gasteiger partial charge on any atom is 0.326 e. The van der Waals surface area contributed by atoms with Gasteiger partial charge in [0.05, 0.1) is 0 Å². The van der Waals surface area contributed by atoms with E-state index in [9.17, 15) is 9.59 Å². The van der Waals surface area contributed by atoms with Crippen LogP contribution in [0.2, 0.25) is 0 Å². The fourth-order valence-electron chi connectivity index (χ4n) is 1.83. The molecule has 0 saturated carbocycles. The Morgan fingerprint density at radius 2 is 2.10 bits per heavy atom. The summed E-state index contributed by atoms with van der Waals surface area (Å²) in [4.78, 5) is 22.9. The quantitative estimate of drug-likeness (QED) is 0.784. The van der Waals surface area contributed by atoms with Crippen LogP contribution in [0.3, 0.4) is 0 Å². The van der Waals surface area contributed by atoms with Crippen molar-refractivity contribution in [3.05, 3.63) is 41.5 Å². The van der Waals surface area contributed by atoms with E-state index < -0.39 is 12.0 Å². The van der Waals surface area contributed by atoms with E-state index in [0.29, 0.717) is 6.42 Å². The van der Waals surface area contributed by atoms with Crippen LogP contribution in [0.1, 0.15) is 31.4 Å². The molecular formula is C16H21NO3. The minimum atomic E-state index is -1.00. The average molecular weight is 275 g/mol. The standard InChI is InChI=1S/C16H21NO3/c1-4-12(3)15(16(19)20)17-14(18)9-8-13-7-5-6-11(2)10-13/h5-10,12,15H,4H2,1-3H3,(H,17,18)(H,19,20)/b9-8+/t12-,15-/m0/s1. The van der Waals surface area contributed by atoms with Gasteiger partial charge in [-0.1, -0.05) is 50.1 Å². The van der Waals surface area contributed by atoms with Crippen molar-refractivity contribution < 1.29 is 14.7 Å². The molecule has 0 aromatic heterocycles. The van der Waals surface area contributed by atoms with E-state index >= 15 is 0 Å². The Morgan fingerprint density at radius 3 is 2.65 bits per heavy atom. The van der Waals surface area contributed by atoms with E-state index in [1.807, 2.05) is 45.0 Å². The van der Waals surface area contributed by atoms with Crippen molar-refractivity contribution in [2.45, 2.75) is 33.2 Å². The third-order valence-electron chi connectivity index (χ3n) is 3.25. The minimum absolute atomic E-state index is 0.108. The van der Waals surface area contributed by atoms with Crippen molar-refractivity contribution in [3.8, 4) is 0 Å². The second-order valence-corrected chi connectivity index (χ2v) is 4.96. The third kappa shape index (κ3) is 4.88. The summed E-state index contributed by atoms with van der Waals surface area (Å²) < 4.78 is 0. The van der Waals surface area contributed by atoms with Crippen molar-refractivity contribution >= 4 is 18.0 Å². The van der Waals surface area contributed by atoms with Crippen molar-refractivity contribution in [3.63, 3.8) is 0 Å². The maximum atomic E-state index is 11.8. The Bertz CT molecular complexity index is 508. The van der Waals surface area contributed by atoms with Crippen LogP contribution in [0.5, 0.6) is 0 Å². The van der Waals surface area contributed by atoms with Gasteiger partial charge in [0.1, 0.15) is 6.04 Å². The molecule has 1 rings (SSSR count). The predicted molar refractivity (Wildman–Crippen MR) is 79.2 cm³/mol. The van der Waals surface area contributed by atoms with Crippen LogP contribution >= 0.6 is 0 Å². The number of carboxylic acids is 1. The highest BCUT2D eigenvalue weighted by Crippen LogP contribution is 2.09. The molecule has 0 saturated heterocycles. The second kappa shape index (κ2) is 7.48. The molecule has 0 aliphatic rings. The first-order valence-electron chi connectivity index (χ1n) is 6.72. The number of nitrogens with one attached hydrogen (secondary N) is 1. The number of hydrogen-bond donors (Lipinski definition) is 2. The molecule has 0 radical (unpaired) electrons. The Hall–Kier alpha value is -2.10. The zero-order chi connectivity index (χ0) is 15.1. The number of aryl methyl sites for hydroxylation is 1. The molecule has 4 nitrogen and oxygen atoms in total. The first-order chi connectivity index (χ1) is 9.43. The van der Waals surface area contributed by atoms with Gasteiger partial charge in [0.25, 0.3) is 0 Å². The fourth-order valence-corrected chi connectivity index (χ4v) is 1.83. The van der Waals surface area contributed by atoms with E-state index in [0.717, 1.165) is 11.1 Å². The smallest absolute Gasteiger partial charge is 0.326 e. The highest BCUT2D eigenvalue weighted by molar-refractivity contribution is 5.94. The van der Waals surface area contributed by atoms with Crippen molar-refractivity contribution in [1.82, 2.24) is 5.32 Å². The number of hydrogen-bond acceptors (Lipinski definition) is 2.